The largest absolute Gasteiger partial charge is 0.463 e. The minimum Gasteiger partial charge on any atom is -0.463 e. The number of rotatable bonds is 6. The van der Waals surface area contributed by atoms with Crippen molar-refractivity contribution in [2.24, 2.45) is 0 Å². The number of nitrogens with zero attached hydrogens (tertiary/aromatic N) is 2. The van der Waals surface area contributed by atoms with Crippen molar-refractivity contribution in [2.75, 3.05) is 45.9 Å². The number of ether oxygens (including phenoxy) is 1. The topological polar surface area (TPSA) is 73.9 Å². The van der Waals surface area contributed by atoms with Gasteiger partial charge in [-0.15, -0.1) is 0 Å². The first-order valence-corrected chi connectivity index (χ1v) is 10.1. The van der Waals surface area contributed by atoms with E-state index in [1.165, 1.54) is 0 Å². The van der Waals surface area contributed by atoms with Gasteiger partial charge in [-0.1, -0.05) is 30.3 Å². The number of urea groups is 1. The van der Waals surface area contributed by atoms with Crippen molar-refractivity contribution in [2.45, 2.75) is 26.3 Å². The number of hydrogen-bond donors (Lipinski definition) is 2. The molecule has 2 N–H and O–H groups in total. The van der Waals surface area contributed by atoms with Crippen LogP contribution in [0.2, 0.25) is 0 Å². The zero-order valence-corrected chi connectivity index (χ0v) is 16.7. The van der Waals surface area contributed by atoms with Gasteiger partial charge in [-0.25, -0.2) is 9.59 Å². The van der Waals surface area contributed by atoms with Gasteiger partial charge in [0, 0.05) is 31.9 Å². The van der Waals surface area contributed by atoms with Crippen LogP contribution in [0.5, 0.6) is 0 Å². The van der Waals surface area contributed by atoms with Crippen molar-refractivity contribution in [3.8, 4) is 0 Å². The summed E-state index contributed by atoms with van der Waals surface area (Å²) in [5.41, 5.74) is 2.16. The molecule has 152 valence electrons. The van der Waals surface area contributed by atoms with Gasteiger partial charge < -0.3 is 15.4 Å². The molecule has 1 atom stereocenters. The predicted octanol–water partition coefficient (Wildman–Crippen LogP) is 1.89. The predicted molar refractivity (Wildman–Crippen MR) is 108 cm³/mol. The summed E-state index contributed by atoms with van der Waals surface area (Å²) >= 11 is 0. The summed E-state index contributed by atoms with van der Waals surface area (Å²) in [5, 5.41) is 6.40. The molecule has 7 heteroatoms. The first-order chi connectivity index (χ1) is 13.7. The Kier molecular flexibility index (Phi) is 7.06. The fourth-order valence-electron chi connectivity index (χ4n) is 3.82. The second-order valence-electron chi connectivity index (χ2n) is 7.00. The van der Waals surface area contributed by atoms with Crippen LogP contribution in [-0.2, 0) is 9.53 Å². The highest BCUT2D eigenvalue weighted by Gasteiger charge is 2.38. The van der Waals surface area contributed by atoms with Crippen molar-refractivity contribution < 1.29 is 14.3 Å². The lowest BCUT2D eigenvalue weighted by Gasteiger charge is -2.38. The number of benzene rings is 1. The summed E-state index contributed by atoms with van der Waals surface area (Å²) < 4.78 is 5.40. The van der Waals surface area contributed by atoms with Crippen LogP contribution in [0.4, 0.5) is 4.79 Å². The first kappa shape index (κ1) is 20.4. The third kappa shape index (κ3) is 4.54. The minimum absolute atomic E-state index is 0.174. The van der Waals surface area contributed by atoms with Gasteiger partial charge in [0.15, 0.2) is 0 Å². The number of hydrogen-bond acceptors (Lipinski definition) is 5. The van der Waals surface area contributed by atoms with Crippen LogP contribution >= 0.6 is 0 Å². The summed E-state index contributed by atoms with van der Waals surface area (Å²) in [6, 6.07) is 8.93. The highest BCUT2D eigenvalue weighted by atomic mass is 16.5. The van der Waals surface area contributed by atoms with E-state index >= 15 is 0 Å². The zero-order chi connectivity index (χ0) is 19.9. The highest BCUT2D eigenvalue weighted by Crippen LogP contribution is 2.32. The molecule has 0 aromatic heterocycles. The number of nitrogens with one attached hydrogen (secondary N) is 2. The Bertz CT molecular complexity index is 712. The third-order valence-electron chi connectivity index (χ3n) is 5.19. The molecule has 2 heterocycles. The maximum Gasteiger partial charge on any atom is 0.338 e. The number of likely N-dealkylation sites (N-methyl/N-ethyl adjacent to an activating group) is 1. The van der Waals surface area contributed by atoms with Crippen molar-refractivity contribution >= 4 is 12.0 Å². The molecule has 2 amide bonds. The Morgan fingerprint density at radius 1 is 1.18 bits per heavy atom. The Labute approximate surface area is 166 Å². The van der Waals surface area contributed by atoms with Crippen LogP contribution in [0.1, 0.15) is 31.9 Å². The number of carbonyl (C=O) groups excluding carboxylic acids is 2. The van der Waals surface area contributed by atoms with Gasteiger partial charge in [-0.2, -0.15) is 0 Å². The monoisotopic (exact) mass is 386 g/mol. The van der Waals surface area contributed by atoms with Crippen LogP contribution in [0.15, 0.2) is 41.6 Å². The Morgan fingerprint density at radius 3 is 2.68 bits per heavy atom. The molecule has 1 saturated heterocycles. The molecule has 0 spiro atoms. The first-order valence-electron chi connectivity index (χ1n) is 10.1. The van der Waals surface area contributed by atoms with Gasteiger partial charge in [0.05, 0.1) is 18.2 Å². The van der Waals surface area contributed by atoms with Crippen LogP contribution in [0.25, 0.3) is 0 Å². The molecule has 1 fully saturated rings. The Morgan fingerprint density at radius 2 is 1.96 bits per heavy atom. The van der Waals surface area contributed by atoms with E-state index in [0.717, 1.165) is 43.9 Å². The van der Waals surface area contributed by atoms with Crippen LogP contribution in [0.3, 0.4) is 0 Å². The SMILES string of the molecule is CCOC(=O)C1=C(CN2CCCNCC2)N(CC)C(=O)NC1c1ccccc1. The second kappa shape index (κ2) is 9.71. The summed E-state index contributed by atoms with van der Waals surface area (Å²) in [6.07, 6.45) is 1.04. The lowest BCUT2D eigenvalue weighted by molar-refractivity contribution is -0.139. The highest BCUT2D eigenvalue weighted by molar-refractivity contribution is 5.95. The minimum atomic E-state index is -0.504. The van der Waals surface area contributed by atoms with E-state index in [4.69, 9.17) is 4.74 Å². The van der Waals surface area contributed by atoms with E-state index in [1.807, 2.05) is 37.3 Å². The molecule has 7 nitrogen and oxygen atoms in total. The van der Waals surface area contributed by atoms with Gasteiger partial charge in [0.1, 0.15) is 0 Å². The maximum absolute atomic E-state index is 13.0. The van der Waals surface area contributed by atoms with Gasteiger partial charge in [-0.3, -0.25) is 9.80 Å². The standard InChI is InChI=1S/C21H30N4O3/c1-3-25-17(15-24-13-8-11-22-12-14-24)18(20(26)28-4-2)19(23-21(25)27)16-9-6-5-7-10-16/h5-7,9-10,19,22H,3-4,8,11-15H2,1-2H3,(H,23,27). The van der Waals surface area contributed by atoms with E-state index in [2.05, 4.69) is 15.5 Å². The van der Waals surface area contributed by atoms with E-state index in [9.17, 15) is 9.59 Å². The van der Waals surface area contributed by atoms with Crippen molar-refractivity contribution in [1.29, 1.82) is 0 Å². The molecule has 0 saturated carbocycles. The molecule has 2 aliphatic rings. The molecule has 0 bridgehead atoms. The molecular weight excluding hydrogens is 356 g/mol. The quantitative estimate of drug-likeness (QED) is 0.731. The van der Waals surface area contributed by atoms with Crippen LogP contribution in [-0.4, -0.2) is 67.7 Å². The fraction of sp³-hybridized carbons (Fsp3) is 0.524. The molecule has 0 aliphatic carbocycles. The Balaban J connectivity index is 2.04. The average molecular weight is 386 g/mol. The summed E-state index contributed by atoms with van der Waals surface area (Å²) in [4.78, 5) is 29.8. The third-order valence-corrected chi connectivity index (χ3v) is 5.19. The lowest BCUT2D eigenvalue weighted by atomic mass is 9.94. The van der Waals surface area contributed by atoms with Gasteiger partial charge in [-0.05, 0) is 38.9 Å². The molecule has 28 heavy (non-hydrogen) atoms. The van der Waals surface area contributed by atoms with Gasteiger partial charge in [0.2, 0.25) is 0 Å². The Hall–Kier alpha value is -2.38. The van der Waals surface area contributed by atoms with E-state index < -0.39 is 6.04 Å². The van der Waals surface area contributed by atoms with Crippen molar-refractivity contribution in [3.05, 3.63) is 47.2 Å². The molecule has 1 aromatic carbocycles. The molecule has 2 aliphatic heterocycles. The average Bonchev–Trinajstić information content (AvgIpc) is 2.97. The number of amides is 2. The molecule has 0 radical (unpaired) electrons. The smallest absolute Gasteiger partial charge is 0.338 e. The zero-order valence-electron chi connectivity index (χ0n) is 16.7. The van der Waals surface area contributed by atoms with Crippen LogP contribution < -0.4 is 10.6 Å². The molecular formula is C21H30N4O3. The summed E-state index contributed by atoms with van der Waals surface area (Å²) in [5.74, 6) is -0.363. The van der Waals surface area contributed by atoms with E-state index in [-0.39, 0.29) is 12.0 Å². The van der Waals surface area contributed by atoms with E-state index in [0.29, 0.717) is 25.3 Å². The molecule has 1 unspecified atom stereocenters. The number of esters is 1. The van der Waals surface area contributed by atoms with Gasteiger partial charge >= 0.3 is 12.0 Å². The van der Waals surface area contributed by atoms with Crippen molar-refractivity contribution in [3.63, 3.8) is 0 Å². The normalized spacial score (nSPS) is 21.3. The number of carbonyl (C=O) groups is 2. The fourth-order valence-corrected chi connectivity index (χ4v) is 3.82. The molecule has 1 aromatic rings. The molecule has 3 rings (SSSR count). The second-order valence-corrected chi connectivity index (χ2v) is 7.00. The van der Waals surface area contributed by atoms with Crippen molar-refractivity contribution in [1.82, 2.24) is 20.4 Å². The summed E-state index contributed by atoms with van der Waals surface area (Å²) in [6.45, 7) is 8.79. The lowest BCUT2D eigenvalue weighted by Crippen LogP contribution is -2.51. The maximum atomic E-state index is 13.0. The van der Waals surface area contributed by atoms with Crippen LogP contribution in [0, 0.1) is 0 Å². The van der Waals surface area contributed by atoms with Gasteiger partial charge in [0.25, 0.3) is 0 Å². The van der Waals surface area contributed by atoms with E-state index in [1.54, 1.807) is 11.8 Å². The summed E-state index contributed by atoms with van der Waals surface area (Å²) in [7, 11) is 0.